The molecule has 4 rings (SSSR count). The number of amides is 1. The molecule has 7 nitrogen and oxygen atoms in total. The van der Waals surface area contributed by atoms with Gasteiger partial charge in [0, 0.05) is 43.0 Å². The minimum Gasteiger partial charge on any atom is -0.488 e. The van der Waals surface area contributed by atoms with Crippen molar-refractivity contribution in [2.24, 2.45) is 0 Å². The molecule has 1 saturated heterocycles. The van der Waals surface area contributed by atoms with Crippen molar-refractivity contribution < 1.29 is 17.9 Å². The maximum Gasteiger partial charge on any atom is 0.264 e. The molecule has 1 fully saturated rings. The topological polar surface area (TPSA) is 79.8 Å². The fourth-order valence-electron chi connectivity index (χ4n) is 4.18. The van der Waals surface area contributed by atoms with Gasteiger partial charge < -0.3 is 9.64 Å². The van der Waals surface area contributed by atoms with Gasteiger partial charge in [0.05, 0.1) is 17.1 Å². The van der Waals surface area contributed by atoms with Crippen molar-refractivity contribution >= 4 is 21.6 Å². The van der Waals surface area contributed by atoms with Crippen molar-refractivity contribution in [1.29, 1.82) is 0 Å². The largest absolute Gasteiger partial charge is 0.488 e. The van der Waals surface area contributed by atoms with Gasteiger partial charge in [0.15, 0.2) is 0 Å². The number of sulfonamides is 1. The monoisotopic (exact) mass is 493 g/mol. The fourth-order valence-corrected chi connectivity index (χ4v) is 5.73. The number of aromatic nitrogens is 1. The lowest BCUT2D eigenvalue weighted by molar-refractivity contribution is 0.0772. The third-order valence-electron chi connectivity index (χ3n) is 6.03. The van der Waals surface area contributed by atoms with Crippen molar-refractivity contribution in [3.05, 3.63) is 84.2 Å². The van der Waals surface area contributed by atoms with Crippen molar-refractivity contribution in [3.8, 4) is 5.75 Å². The molecular formula is C27H31N3O4S. The molecule has 2 aromatic carbocycles. The van der Waals surface area contributed by atoms with Crippen LogP contribution in [0.5, 0.6) is 5.75 Å². The number of aryl methyl sites for hydroxylation is 1. The molecule has 3 aromatic rings. The maximum atomic E-state index is 13.6. The van der Waals surface area contributed by atoms with E-state index in [1.165, 1.54) is 10.4 Å². The minimum absolute atomic E-state index is 0.113. The SMILES string of the molecule is CCCCN(c1ccccc1)S(=O)(=O)c1cccc(C(=O)N2CCC(Oc3ccnc(C)c3)C2)c1. The molecule has 35 heavy (non-hydrogen) atoms. The standard InChI is InChI=1S/C27H31N3O4S/c1-3-4-16-30(23-10-6-5-7-11-23)35(32,33)26-12-8-9-22(19-26)27(31)29-17-14-25(20-29)34-24-13-15-28-21(2)18-24/h5-13,15,18-19,25H,3-4,14,16-17,20H2,1-2H3. The number of benzene rings is 2. The fraction of sp³-hybridized carbons (Fsp3) is 0.333. The Kier molecular flexibility index (Phi) is 7.70. The van der Waals surface area contributed by atoms with E-state index in [2.05, 4.69) is 4.98 Å². The van der Waals surface area contributed by atoms with Gasteiger partial charge in [0.25, 0.3) is 15.9 Å². The number of likely N-dealkylation sites (tertiary alicyclic amines) is 1. The van der Waals surface area contributed by atoms with Crippen LogP contribution in [0.1, 0.15) is 42.2 Å². The molecule has 1 atom stereocenters. The Morgan fingerprint density at radius 3 is 2.66 bits per heavy atom. The van der Waals surface area contributed by atoms with Gasteiger partial charge in [0.2, 0.25) is 0 Å². The summed E-state index contributed by atoms with van der Waals surface area (Å²) in [6, 6.07) is 19.1. The van der Waals surface area contributed by atoms with E-state index in [1.54, 1.807) is 41.4 Å². The zero-order chi connectivity index (χ0) is 24.8. The second-order valence-electron chi connectivity index (χ2n) is 8.71. The number of carbonyl (C=O) groups is 1. The van der Waals surface area contributed by atoms with Gasteiger partial charge in [-0.25, -0.2) is 8.42 Å². The van der Waals surface area contributed by atoms with E-state index >= 15 is 0 Å². The Morgan fingerprint density at radius 2 is 1.91 bits per heavy atom. The molecule has 0 saturated carbocycles. The number of anilines is 1. The van der Waals surface area contributed by atoms with E-state index < -0.39 is 10.0 Å². The molecular weight excluding hydrogens is 462 g/mol. The van der Waals surface area contributed by atoms with E-state index in [0.29, 0.717) is 37.3 Å². The van der Waals surface area contributed by atoms with E-state index in [4.69, 9.17) is 4.74 Å². The van der Waals surface area contributed by atoms with Crippen LogP contribution in [0.25, 0.3) is 0 Å². The zero-order valence-electron chi connectivity index (χ0n) is 20.1. The zero-order valence-corrected chi connectivity index (χ0v) is 20.9. The highest BCUT2D eigenvalue weighted by molar-refractivity contribution is 7.92. The molecule has 1 aliphatic rings. The Bertz CT molecular complexity index is 1260. The summed E-state index contributed by atoms with van der Waals surface area (Å²) >= 11 is 0. The summed E-state index contributed by atoms with van der Waals surface area (Å²) < 4.78 is 34.6. The maximum absolute atomic E-state index is 13.6. The first-order chi connectivity index (χ1) is 16.9. The lowest BCUT2D eigenvalue weighted by atomic mass is 10.2. The van der Waals surface area contributed by atoms with Gasteiger partial charge >= 0.3 is 0 Å². The first kappa shape index (κ1) is 24.7. The molecule has 184 valence electrons. The van der Waals surface area contributed by atoms with Crippen LogP contribution in [0.2, 0.25) is 0 Å². The lowest BCUT2D eigenvalue weighted by Gasteiger charge is -2.25. The first-order valence-electron chi connectivity index (χ1n) is 11.9. The molecule has 0 bridgehead atoms. The van der Waals surface area contributed by atoms with Crippen molar-refractivity contribution in [1.82, 2.24) is 9.88 Å². The number of hydrogen-bond acceptors (Lipinski definition) is 5. The summed E-state index contributed by atoms with van der Waals surface area (Å²) in [6.07, 6.45) is 3.90. The van der Waals surface area contributed by atoms with Crippen LogP contribution in [0.3, 0.4) is 0 Å². The highest BCUT2D eigenvalue weighted by Gasteiger charge is 2.30. The average molecular weight is 494 g/mol. The molecule has 1 unspecified atom stereocenters. The second kappa shape index (κ2) is 10.9. The average Bonchev–Trinajstić information content (AvgIpc) is 3.33. The Morgan fingerprint density at radius 1 is 1.11 bits per heavy atom. The molecule has 1 amide bonds. The van der Waals surface area contributed by atoms with E-state index in [0.717, 1.165) is 24.3 Å². The van der Waals surface area contributed by atoms with Crippen LogP contribution in [0.15, 0.2) is 77.8 Å². The van der Waals surface area contributed by atoms with Crippen molar-refractivity contribution in [2.45, 2.75) is 44.1 Å². The van der Waals surface area contributed by atoms with Gasteiger partial charge in [0.1, 0.15) is 11.9 Å². The number of unbranched alkanes of at least 4 members (excludes halogenated alkanes) is 1. The van der Waals surface area contributed by atoms with Gasteiger partial charge in [-0.3, -0.25) is 14.1 Å². The smallest absolute Gasteiger partial charge is 0.264 e. The molecule has 0 radical (unpaired) electrons. The predicted molar refractivity (Wildman–Crippen MR) is 136 cm³/mol. The summed E-state index contributed by atoms with van der Waals surface area (Å²) in [5.74, 6) is 0.539. The molecule has 0 spiro atoms. The molecule has 8 heteroatoms. The van der Waals surface area contributed by atoms with Gasteiger partial charge in [-0.15, -0.1) is 0 Å². The molecule has 0 aliphatic carbocycles. The summed E-state index contributed by atoms with van der Waals surface area (Å²) in [5, 5.41) is 0. The Balaban J connectivity index is 1.51. The van der Waals surface area contributed by atoms with Gasteiger partial charge in [-0.1, -0.05) is 37.6 Å². The van der Waals surface area contributed by atoms with Crippen LogP contribution in [0.4, 0.5) is 5.69 Å². The molecule has 2 heterocycles. The third kappa shape index (κ3) is 5.82. The van der Waals surface area contributed by atoms with Crippen LogP contribution in [-0.2, 0) is 10.0 Å². The number of pyridine rings is 1. The summed E-state index contributed by atoms with van der Waals surface area (Å²) in [6.45, 7) is 5.30. The van der Waals surface area contributed by atoms with Crippen LogP contribution in [0, 0.1) is 6.92 Å². The summed E-state index contributed by atoms with van der Waals surface area (Å²) in [7, 11) is -3.83. The number of carbonyl (C=O) groups excluding carboxylic acids is 1. The predicted octanol–water partition coefficient (Wildman–Crippen LogP) is 4.68. The number of rotatable bonds is 9. The van der Waals surface area contributed by atoms with Crippen molar-refractivity contribution in [2.75, 3.05) is 23.9 Å². The quantitative estimate of drug-likeness (QED) is 0.432. The van der Waals surface area contributed by atoms with Crippen LogP contribution < -0.4 is 9.04 Å². The summed E-state index contributed by atoms with van der Waals surface area (Å²) in [4.78, 5) is 19.3. The molecule has 1 aliphatic heterocycles. The van der Waals surface area contributed by atoms with Gasteiger partial charge in [-0.05, 0) is 49.7 Å². The molecule has 1 aromatic heterocycles. The highest BCUT2D eigenvalue weighted by atomic mass is 32.2. The first-order valence-corrected chi connectivity index (χ1v) is 13.4. The Labute approximate surface area is 207 Å². The van der Waals surface area contributed by atoms with Gasteiger partial charge in [-0.2, -0.15) is 0 Å². The number of para-hydroxylation sites is 1. The summed E-state index contributed by atoms with van der Waals surface area (Å²) in [5.41, 5.74) is 1.84. The van der Waals surface area contributed by atoms with E-state index in [-0.39, 0.29) is 16.9 Å². The minimum atomic E-state index is -3.83. The van der Waals surface area contributed by atoms with Crippen LogP contribution >= 0.6 is 0 Å². The van der Waals surface area contributed by atoms with E-state index in [1.807, 2.05) is 44.2 Å². The van der Waals surface area contributed by atoms with Crippen LogP contribution in [-0.4, -0.2) is 49.9 Å². The number of hydrogen-bond donors (Lipinski definition) is 0. The second-order valence-corrected chi connectivity index (χ2v) is 10.6. The molecule has 0 N–H and O–H groups in total. The normalized spacial score (nSPS) is 15.7. The number of ether oxygens (including phenoxy) is 1. The van der Waals surface area contributed by atoms with E-state index in [9.17, 15) is 13.2 Å². The lowest BCUT2D eigenvalue weighted by Crippen LogP contribution is -2.33. The third-order valence-corrected chi connectivity index (χ3v) is 7.85. The van der Waals surface area contributed by atoms with Crippen molar-refractivity contribution in [3.63, 3.8) is 0 Å². The highest BCUT2D eigenvalue weighted by Crippen LogP contribution is 2.26. The number of nitrogens with zero attached hydrogens (tertiary/aromatic N) is 3. The Hall–Kier alpha value is -3.39.